The first-order valence-corrected chi connectivity index (χ1v) is 23.3. The Morgan fingerprint density at radius 3 is 1.77 bits per heavy atom. The number of aromatic nitrogens is 1. The molecule has 65 heavy (non-hydrogen) atoms. The number of fused-ring (bicyclic) bond motifs is 8. The van der Waals surface area contributed by atoms with E-state index in [4.69, 9.17) is 0 Å². The van der Waals surface area contributed by atoms with E-state index in [2.05, 4.69) is 258 Å². The average molecular weight is 847 g/mol. The Hall–Kier alpha value is -7.85. The van der Waals surface area contributed by atoms with Crippen LogP contribution in [-0.4, -0.2) is 4.57 Å². The maximum Gasteiger partial charge on any atom is 0.0714 e. The smallest absolute Gasteiger partial charge is 0.0714 e. The molecule has 1 aromatic heterocycles. The first-order chi connectivity index (χ1) is 32.3. The molecule has 10 aromatic carbocycles. The molecule has 0 radical (unpaired) electrons. The topological polar surface area (TPSA) is 8.17 Å². The summed E-state index contributed by atoms with van der Waals surface area (Å²) >= 11 is 1.91. The zero-order chi connectivity index (χ0) is 42.9. The second-order valence-corrected chi connectivity index (χ2v) is 18.2. The van der Waals surface area contributed by atoms with Gasteiger partial charge in [0.2, 0.25) is 0 Å². The molecule has 0 spiro atoms. The van der Waals surface area contributed by atoms with Crippen LogP contribution in [0.3, 0.4) is 0 Å². The summed E-state index contributed by atoms with van der Waals surface area (Å²) in [6.07, 6.45) is 0. The maximum absolute atomic E-state index is 2.50. The van der Waals surface area contributed by atoms with Gasteiger partial charge in [-0.2, -0.15) is 0 Å². The highest BCUT2D eigenvalue weighted by molar-refractivity contribution is 7.99. The molecule has 0 fully saturated rings. The molecule has 2 heterocycles. The highest BCUT2D eigenvalue weighted by Gasteiger charge is 2.46. The third kappa shape index (κ3) is 5.82. The van der Waals surface area contributed by atoms with Crippen LogP contribution in [0.1, 0.15) is 45.0 Å². The van der Waals surface area contributed by atoms with Crippen molar-refractivity contribution in [2.24, 2.45) is 0 Å². The lowest BCUT2D eigenvalue weighted by atomic mass is 9.67. The lowest BCUT2D eigenvalue weighted by Gasteiger charge is -2.35. The van der Waals surface area contributed by atoms with Gasteiger partial charge in [-0.3, -0.25) is 0 Å². The number of hydrogen-bond acceptors (Lipinski definition) is 2. The summed E-state index contributed by atoms with van der Waals surface area (Å²) in [7, 11) is 0. The fraction of sp³-hybridized carbons (Fsp3) is 0.0323. The maximum atomic E-state index is 2.50. The quantitative estimate of drug-likeness (QED) is 0.158. The van der Waals surface area contributed by atoms with Gasteiger partial charge in [-0.1, -0.05) is 206 Å². The summed E-state index contributed by atoms with van der Waals surface area (Å²) in [4.78, 5) is 5.06. The Morgan fingerprint density at radius 1 is 0.431 bits per heavy atom. The van der Waals surface area contributed by atoms with Gasteiger partial charge in [0, 0.05) is 43.6 Å². The van der Waals surface area contributed by atoms with Gasteiger partial charge >= 0.3 is 0 Å². The minimum absolute atomic E-state index is 0.0223. The molecule has 306 valence electrons. The molecule has 0 saturated carbocycles. The van der Waals surface area contributed by atoms with Gasteiger partial charge in [0.25, 0.3) is 0 Å². The second-order valence-electron chi connectivity index (χ2n) is 17.2. The monoisotopic (exact) mass is 846 g/mol. The first kappa shape index (κ1) is 37.7. The SMILES string of the molecule is c1ccc(C2c3ccc(N(c4ccc5c(c4)C(c4ccccc4)(c4ccccc4)c4ccccc4-5)c4ccc5ccccc5c4)cc3Sc3c2n(-c2ccccc2)c2ccccc32)cc1. The molecule has 0 saturated heterocycles. The van der Waals surface area contributed by atoms with Crippen molar-refractivity contribution in [2.75, 3.05) is 4.90 Å². The number of rotatable bonds is 7. The lowest BCUT2D eigenvalue weighted by molar-refractivity contribution is 0.768. The molecule has 11 aromatic rings. The molecule has 0 amide bonds. The summed E-state index contributed by atoms with van der Waals surface area (Å²) < 4.78 is 2.50. The average Bonchev–Trinajstić information content (AvgIpc) is 3.87. The van der Waals surface area contributed by atoms with E-state index in [-0.39, 0.29) is 5.92 Å². The van der Waals surface area contributed by atoms with Crippen molar-refractivity contribution in [3.05, 3.63) is 288 Å². The minimum Gasteiger partial charge on any atom is -0.311 e. The Balaban J connectivity index is 1.05. The first-order valence-electron chi connectivity index (χ1n) is 22.5. The summed E-state index contributed by atoms with van der Waals surface area (Å²) in [6.45, 7) is 0. The van der Waals surface area contributed by atoms with E-state index >= 15 is 0 Å². The van der Waals surface area contributed by atoms with Crippen LogP contribution in [0.4, 0.5) is 17.1 Å². The normalized spacial score (nSPS) is 14.4. The van der Waals surface area contributed by atoms with Crippen LogP contribution in [0.2, 0.25) is 0 Å². The zero-order valence-electron chi connectivity index (χ0n) is 35.6. The number of para-hydroxylation sites is 2. The Bertz CT molecular complexity index is 3540. The third-order valence-corrected chi connectivity index (χ3v) is 15.0. The van der Waals surface area contributed by atoms with Crippen LogP contribution in [0.15, 0.2) is 259 Å². The van der Waals surface area contributed by atoms with E-state index in [1.54, 1.807) is 0 Å². The highest BCUT2D eigenvalue weighted by Crippen LogP contribution is 2.58. The fourth-order valence-corrected chi connectivity index (χ4v) is 12.3. The summed E-state index contributed by atoms with van der Waals surface area (Å²) in [5, 5.41) is 3.71. The molecule has 1 aliphatic heterocycles. The number of hydrogen-bond donors (Lipinski definition) is 0. The third-order valence-electron chi connectivity index (χ3n) is 13.8. The van der Waals surface area contributed by atoms with Gasteiger partial charge in [0.05, 0.1) is 16.8 Å². The molecular weight excluding hydrogens is 805 g/mol. The Morgan fingerprint density at radius 2 is 1.00 bits per heavy atom. The van der Waals surface area contributed by atoms with Gasteiger partial charge < -0.3 is 9.47 Å². The zero-order valence-corrected chi connectivity index (χ0v) is 36.4. The van der Waals surface area contributed by atoms with E-state index in [0.29, 0.717) is 0 Å². The van der Waals surface area contributed by atoms with E-state index < -0.39 is 5.41 Å². The predicted octanol–water partition coefficient (Wildman–Crippen LogP) is 16.3. The second kappa shape index (κ2) is 15.2. The number of anilines is 3. The van der Waals surface area contributed by atoms with Crippen molar-refractivity contribution >= 4 is 50.5 Å². The van der Waals surface area contributed by atoms with Gasteiger partial charge in [0.15, 0.2) is 0 Å². The van der Waals surface area contributed by atoms with Crippen molar-refractivity contribution in [3.8, 4) is 16.8 Å². The van der Waals surface area contributed by atoms with Gasteiger partial charge in [-0.05, 0) is 110 Å². The highest BCUT2D eigenvalue weighted by atomic mass is 32.2. The standard InChI is InChI=1S/C62H42N2S/c1-5-20-43(21-6-1)59-54-38-36-50(41-58(54)65-61-53-30-16-18-32-57(53)64(60(59)61)47-27-11-4-12-28-47)63(48-34-33-42-19-13-14-22-44(42)39-48)49-35-37-52-51-29-15-17-31-55(51)62(56(52)40-49,45-23-7-2-8-24-45)46-25-9-3-10-26-46/h1-41,59H. The van der Waals surface area contributed by atoms with Gasteiger partial charge in [0.1, 0.15) is 0 Å². The predicted molar refractivity (Wildman–Crippen MR) is 271 cm³/mol. The molecule has 1 unspecified atom stereocenters. The molecular formula is C62H42N2S. The van der Waals surface area contributed by atoms with Crippen molar-refractivity contribution in [2.45, 2.75) is 21.1 Å². The molecule has 13 rings (SSSR count). The largest absolute Gasteiger partial charge is 0.311 e. The number of benzene rings is 10. The number of nitrogens with zero attached hydrogens (tertiary/aromatic N) is 2. The van der Waals surface area contributed by atoms with Crippen LogP contribution >= 0.6 is 11.8 Å². The van der Waals surface area contributed by atoms with Crippen molar-refractivity contribution in [1.29, 1.82) is 0 Å². The fourth-order valence-electron chi connectivity index (χ4n) is 11.0. The molecule has 2 nitrogen and oxygen atoms in total. The van der Waals surface area contributed by atoms with E-state index in [9.17, 15) is 0 Å². The van der Waals surface area contributed by atoms with Crippen molar-refractivity contribution in [3.63, 3.8) is 0 Å². The van der Waals surface area contributed by atoms with Crippen LogP contribution < -0.4 is 4.90 Å². The van der Waals surface area contributed by atoms with E-state index in [1.807, 2.05) is 11.8 Å². The van der Waals surface area contributed by atoms with E-state index in [1.165, 1.54) is 87.4 Å². The molecule has 1 aliphatic carbocycles. The van der Waals surface area contributed by atoms with Crippen LogP contribution in [-0.2, 0) is 5.41 Å². The molecule has 0 N–H and O–H groups in total. The molecule has 1 atom stereocenters. The van der Waals surface area contributed by atoms with Gasteiger partial charge in [-0.25, -0.2) is 0 Å². The Labute approximate surface area is 383 Å². The lowest BCUT2D eigenvalue weighted by Crippen LogP contribution is -2.28. The van der Waals surface area contributed by atoms with Crippen molar-refractivity contribution in [1.82, 2.24) is 4.57 Å². The van der Waals surface area contributed by atoms with Gasteiger partial charge in [-0.15, -0.1) is 0 Å². The Kier molecular flexibility index (Phi) is 8.79. The molecule has 0 bridgehead atoms. The molecule has 2 aliphatic rings. The van der Waals surface area contributed by atoms with Crippen molar-refractivity contribution < 1.29 is 0 Å². The molecule has 3 heteroatoms. The minimum atomic E-state index is -0.516. The van der Waals surface area contributed by atoms with E-state index in [0.717, 1.165) is 17.1 Å². The van der Waals surface area contributed by atoms with Crippen LogP contribution in [0.25, 0.3) is 38.5 Å². The van der Waals surface area contributed by atoms with Crippen LogP contribution in [0, 0.1) is 0 Å². The summed E-state index contributed by atoms with van der Waals surface area (Å²) in [5.74, 6) is 0.0223. The summed E-state index contributed by atoms with van der Waals surface area (Å²) in [6, 6.07) is 92.1. The van der Waals surface area contributed by atoms with Crippen LogP contribution in [0.5, 0.6) is 0 Å². The summed E-state index contributed by atoms with van der Waals surface area (Å²) in [5.41, 5.74) is 16.8.